The van der Waals surface area contributed by atoms with Gasteiger partial charge in [-0.15, -0.1) is 0 Å². The second-order valence-corrected chi connectivity index (χ2v) is 4.64. The van der Waals surface area contributed by atoms with Gasteiger partial charge in [-0.2, -0.15) is 0 Å². The molecule has 1 saturated carbocycles. The lowest BCUT2D eigenvalue weighted by Crippen LogP contribution is -2.10. The van der Waals surface area contributed by atoms with Crippen LogP contribution in [-0.2, 0) is 14.3 Å². The Morgan fingerprint density at radius 1 is 1.24 bits per heavy atom. The summed E-state index contributed by atoms with van der Waals surface area (Å²) in [4.78, 5) is 22.5. The molecule has 0 amide bonds. The molecule has 0 radical (unpaired) electrons. The second kappa shape index (κ2) is 7.30. The molecule has 0 N–H and O–H groups in total. The fourth-order valence-corrected chi connectivity index (χ4v) is 1.97. The predicted octanol–water partition coefficient (Wildman–Crippen LogP) is 2.95. The first kappa shape index (κ1) is 14.0. The fourth-order valence-electron chi connectivity index (χ4n) is 1.97. The van der Waals surface area contributed by atoms with E-state index in [4.69, 9.17) is 4.74 Å². The Morgan fingerprint density at radius 2 is 2.00 bits per heavy atom. The van der Waals surface area contributed by atoms with Crippen LogP contribution in [0, 0.1) is 11.8 Å². The maximum Gasteiger partial charge on any atom is 0.507 e. The van der Waals surface area contributed by atoms with Crippen molar-refractivity contribution in [3.8, 4) is 0 Å². The van der Waals surface area contributed by atoms with E-state index in [0.717, 1.165) is 19.3 Å². The number of ketones is 1. The summed E-state index contributed by atoms with van der Waals surface area (Å²) in [5.41, 5.74) is 0. The van der Waals surface area contributed by atoms with Gasteiger partial charge in [0, 0.05) is 18.3 Å². The van der Waals surface area contributed by atoms with E-state index in [1.807, 2.05) is 0 Å². The van der Waals surface area contributed by atoms with Gasteiger partial charge in [-0.3, -0.25) is 4.79 Å². The summed E-state index contributed by atoms with van der Waals surface area (Å²) < 4.78 is 9.19. The third kappa shape index (κ3) is 5.20. The van der Waals surface area contributed by atoms with Gasteiger partial charge in [0.2, 0.25) is 0 Å². The van der Waals surface area contributed by atoms with Gasteiger partial charge in [0.15, 0.2) is 0 Å². The van der Waals surface area contributed by atoms with Gasteiger partial charge in [0.1, 0.15) is 5.78 Å². The van der Waals surface area contributed by atoms with Crippen molar-refractivity contribution in [3.63, 3.8) is 0 Å². The molecule has 0 saturated heterocycles. The molecule has 2 unspecified atom stereocenters. The highest BCUT2D eigenvalue weighted by Gasteiger charge is 2.42. The Bertz CT molecular complexity index is 262. The first-order valence-electron chi connectivity index (χ1n) is 6.42. The van der Waals surface area contributed by atoms with E-state index < -0.39 is 6.16 Å². The molecule has 4 nitrogen and oxygen atoms in total. The van der Waals surface area contributed by atoms with Crippen LogP contribution in [0.1, 0.15) is 45.4 Å². The lowest BCUT2D eigenvalue weighted by molar-refractivity contribution is -0.120. The molecule has 1 aliphatic carbocycles. The normalized spacial score (nSPS) is 22.0. The average Bonchev–Trinajstić information content (AvgIpc) is 3.11. The van der Waals surface area contributed by atoms with Crippen molar-refractivity contribution in [2.45, 2.75) is 45.4 Å². The summed E-state index contributed by atoms with van der Waals surface area (Å²) >= 11 is 0. The molecule has 17 heavy (non-hydrogen) atoms. The predicted molar refractivity (Wildman–Crippen MR) is 63.7 cm³/mol. The summed E-state index contributed by atoms with van der Waals surface area (Å²) in [7, 11) is 1.28. The van der Waals surface area contributed by atoms with Crippen LogP contribution in [0.15, 0.2) is 0 Å². The third-order valence-corrected chi connectivity index (χ3v) is 3.19. The zero-order chi connectivity index (χ0) is 12.7. The molecule has 0 aromatic heterocycles. The number of unbranched alkanes of at least 4 members (excludes halogenated alkanes) is 3. The number of Topliss-reactive ketones (excluding diaryl/α,β-unsaturated/α-hetero) is 1. The summed E-state index contributed by atoms with van der Waals surface area (Å²) in [6.45, 7) is 2.47. The van der Waals surface area contributed by atoms with E-state index in [2.05, 4.69) is 11.7 Å². The minimum atomic E-state index is -0.661. The summed E-state index contributed by atoms with van der Waals surface area (Å²) in [6, 6.07) is 0. The topological polar surface area (TPSA) is 52.6 Å². The molecule has 0 aromatic carbocycles. The zero-order valence-corrected chi connectivity index (χ0v) is 10.7. The molecule has 1 rings (SSSR count). The number of hydrogen-bond donors (Lipinski definition) is 0. The Balaban J connectivity index is 2.05. The van der Waals surface area contributed by atoms with Gasteiger partial charge < -0.3 is 9.47 Å². The molecule has 0 aromatic rings. The van der Waals surface area contributed by atoms with E-state index >= 15 is 0 Å². The number of carbonyl (C=O) groups is 2. The second-order valence-electron chi connectivity index (χ2n) is 4.64. The van der Waals surface area contributed by atoms with Gasteiger partial charge in [0.05, 0.1) is 13.7 Å². The Labute approximate surface area is 103 Å². The highest BCUT2D eigenvalue weighted by atomic mass is 16.7. The quantitative estimate of drug-likeness (QED) is 0.485. The fraction of sp³-hybridized carbons (Fsp3) is 0.846. The van der Waals surface area contributed by atoms with Crippen molar-refractivity contribution < 1.29 is 19.1 Å². The van der Waals surface area contributed by atoms with Crippen LogP contribution in [0.2, 0.25) is 0 Å². The van der Waals surface area contributed by atoms with Crippen LogP contribution in [0.5, 0.6) is 0 Å². The molecular weight excluding hydrogens is 220 g/mol. The molecule has 0 aliphatic heterocycles. The minimum Gasteiger partial charge on any atom is -0.438 e. The SMILES string of the molecule is CCCCCCC(=O)C1CC1COC(=O)OC. The van der Waals surface area contributed by atoms with Gasteiger partial charge in [-0.05, 0) is 12.8 Å². The summed E-state index contributed by atoms with van der Waals surface area (Å²) in [6.07, 6.45) is 5.40. The van der Waals surface area contributed by atoms with Crippen LogP contribution in [-0.4, -0.2) is 25.7 Å². The number of rotatable bonds is 8. The highest BCUT2D eigenvalue weighted by molar-refractivity contribution is 5.83. The van der Waals surface area contributed by atoms with Crippen molar-refractivity contribution in [2.24, 2.45) is 11.8 Å². The number of ether oxygens (including phenoxy) is 2. The van der Waals surface area contributed by atoms with Crippen LogP contribution >= 0.6 is 0 Å². The average molecular weight is 242 g/mol. The van der Waals surface area contributed by atoms with Crippen molar-refractivity contribution in [1.29, 1.82) is 0 Å². The summed E-state index contributed by atoms with van der Waals surface area (Å²) in [5, 5.41) is 0. The van der Waals surface area contributed by atoms with E-state index in [1.54, 1.807) is 0 Å². The Hall–Kier alpha value is -1.06. The standard InChI is InChI=1S/C13H22O4/c1-3-4-5-6-7-12(14)11-8-10(11)9-17-13(15)16-2/h10-11H,3-9H2,1-2H3. The van der Waals surface area contributed by atoms with Crippen LogP contribution in [0.4, 0.5) is 4.79 Å². The largest absolute Gasteiger partial charge is 0.507 e. The number of hydrogen-bond acceptors (Lipinski definition) is 4. The van der Waals surface area contributed by atoms with Gasteiger partial charge in [-0.25, -0.2) is 4.79 Å². The molecule has 1 aliphatic rings. The smallest absolute Gasteiger partial charge is 0.438 e. The van der Waals surface area contributed by atoms with Gasteiger partial charge >= 0.3 is 6.16 Å². The maximum atomic E-state index is 11.7. The van der Waals surface area contributed by atoms with Crippen molar-refractivity contribution >= 4 is 11.9 Å². The molecule has 1 fully saturated rings. The van der Waals surface area contributed by atoms with Crippen molar-refractivity contribution in [1.82, 2.24) is 0 Å². The highest BCUT2D eigenvalue weighted by Crippen LogP contribution is 2.40. The summed E-state index contributed by atoms with van der Waals surface area (Å²) in [5.74, 6) is 0.689. The molecule has 4 heteroatoms. The maximum absolute atomic E-state index is 11.7. The van der Waals surface area contributed by atoms with E-state index in [-0.39, 0.29) is 11.8 Å². The molecule has 98 valence electrons. The number of methoxy groups -OCH3 is 1. The molecule has 0 spiro atoms. The first-order valence-corrected chi connectivity index (χ1v) is 6.42. The van der Waals surface area contributed by atoms with Crippen LogP contribution < -0.4 is 0 Å². The van der Waals surface area contributed by atoms with E-state index in [9.17, 15) is 9.59 Å². The Kier molecular flexibility index (Phi) is 6.01. The van der Waals surface area contributed by atoms with E-state index in [0.29, 0.717) is 18.8 Å². The zero-order valence-electron chi connectivity index (χ0n) is 10.7. The van der Waals surface area contributed by atoms with Crippen LogP contribution in [0.3, 0.4) is 0 Å². The monoisotopic (exact) mass is 242 g/mol. The molecular formula is C13H22O4. The van der Waals surface area contributed by atoms with Crippen molar-refractivity contribution in [2.75, 3.05) is 13.7 Å². The van der Waals surface area contributed by atoms with Gasteiger partial charge in [0.25, 0.3) is 0 Å². The minimum absolute atomic E-state index is 0.126. The first-order chi connectivity index (χ1) is 8.19. The third-order valence-electron chi connectivity index (χ3n) is 3.19. The van der Waals surface area contributed by atoms with Crippen LogP contribution in [0.25, 0.3) is 0 Å². The van der Waals surface area contributed by atoms with Gasteiger partial charge in [-0.1, -0.05) is 26.2 Å². The lowest BCUT2D eigenvalue weighted by atomic mass is 10.1. The Morgan fingerprint density at radius 3 is 2.65 bits per heavy atom. The molecule has 2 atom stereocenters. The lowest BCUT2D eigenvalue weighted by Gasteiger charge is -2.02. The van der Waals surface area contributed by atoms with Crippen molar-refractivity contribution in [3.05, 3.63) is 0 Å². The number of carbonyl (C=O) groups excluding carboxylic acids is 2. The van der Waals surface area contributed by atoms with E-state index in [1.165, 1.54) is 20.0 Å². The molecule has 0 heterocycles. The molecule has 0 bridgehead atoms.